The molecule has 1 N–H and O–H groups in total. The number of carbonyl (C=O) groups is 2. The first-order chi connectivity index (χ1) is 12.0. The lowest BCUT2D eigenvalue weighted by atomic mass is 10.2. The van der Waals surface area contributed by atoms with E-state index in [-0.39, 0.29) is 0 Å². The van der Waals surface area contributed by atoms with Gasteiger partial charge in [0, 0.05) is 12.1 Å². The predicted octanol–water partition coefficient (Wildman–Crippen LogP) is 3.10. The number of anilines is 1. The second kappa shape index (κ2) is 9.11. The Kier molecular flexibility index (Phi) is 6.87. The summed E-state index contributed by atoms with van der Waals surface area (Å²) in [5, 5.41) is 2.60. The van der Waals surface area contributed by atoms with E-state index in [0.717, 1.165) is 0 Å². The van der Waals surface area contributed by atoms with Crippen LogP contribution in [-0.4, -0.2) is 32.7 Å². The fraction of sp³-hybridized carbons (Fsp3) is 0.176. The monoisotopic (exact) mass is 457 g/mol. The topological polar surface area (TPSA) is 87.0 Å². The average Bonchev–Trinajstić information content (AvgIpc) is 3.03. The van der Waals surface area contributed by atoms with Crippen molar-refractivity contribution in [2.75, 3.05) is 26.1 Å². The summed E-state index contributed by atoms with van der Waals surface area (Å²) in [5.41, 5.74) is 0.449. The van der Waals surface area contributed by atoms with Crippen LogP contribution in [0.25, 0.3) is 6.08 Å². The van der Waals surface area contributed by atoms with Gasteiger partial charge in [0.1, 0.15) is 17.3 Å². The predicted molar refractivity (Wildman–Crippen MR) is 99.6 cm³/mol. The van der Waals surface area contributed by atoms with Gasteiger partial charge in [-0.3, -0.25) is 4.79 Å². The molecular weight excluding hydrogens is 441 g/mol. The van der Waals surface area contributed by atoms with Gasteiger partial charge < -0.3 is 23.9 Å². The first-order valence-corrected chi connectivity index (χ1v) is 8.21. The lowest BCUT2D eigenvalue weighted by Crippen LogP contribution is -2.20. The van der Waals surface area contributed by atoms with E-state index in [1.54, 1.807) is 30.3 Å². The molecule has 8 heteroatoms. The number of nitrogens with one attached hydrogen (secondary N) is 1. The Morgan fingerprint density at radius 3 is 2.64 bits per heavy atom. The Morgan fingerprint density at radius 2 is 2.00 bits per heavy atom. The van der Waals surface area contributed by atoms with Crippen LogP contribution < -0.4 is 14.8 Å². The number of esters is 1. The Balaban J connectivity index is 1.86. The van der Waals surface area contributed by atoms with Gasteiger partial charge in [-0.05, 0) is 52.9 Å². The van der Waals surface area contributed by atoms with Crippen LogP contribution in [0.4, 0.5) is 5.69 Å². The number of hydrogen-bond acceptors (Lipinski definition) is 6. The number of rotatable bonds is 7. The average molecular weight is 457 g/mol. The van der Waals surface area contributed by atoms with Crippen molar-refractivity contribution in [3.8, 4) is 11.5 Å². The van der Waals surface area contributed by atoms with Crippen LogP contribution in [0, 0.1) is 3.77 Å². The highest BCUT2D eigenvalue weighted by Gasteiger charge is 2.10. The van der Waals surface area contributed by atoms with E-state index in [4.69, 9.17) is 18.6 Å². The lowest BCUT2D eigenvalue weighted by Gasteiger charge is -2.11. The molecule has 0 radical (unpaired) electrons. The maximum atomic E-state index is 11.9. The molecule has 0 saturated carbocycles. The molecule has 2 rings (SSSR count). The van der Waals surface area contributed by atoms with Crippen LogP contribution >= 0.6 is 22.6 Å². The number of hydrogen-bond donors (Lipinski definition) is 1. The second-order valence-electron chi connectivity index (χ2n) is 4.70. The Labute approximate surface area is 158 Å². The molecule has 0 aliphatic heterocycles. The fourth-order valence-corrected chi connectivity index (χ4v) is 2.27. The third-order valence-electron chi connectivity index (χ3n) is 3.01. The minimum Gasteiger partial charge on any atom is -0.497 e. The zero-order chi connectivity index (χ0) is 18.2. The molecule has 0 atom stereocenters. The van der Waals surface area contributed by atoms with Crippen molar-refractivity contribution in [2.24, 2.45) is 0 Å². The van der Waals surface area contributed by atoms with Gasteiger partial charge in [-0.1, -0.05) is 0 Å². The van der Waals surface area contributed by atoms with Gasteiger partial charge in [-0.15, -0.1) is 0 Å². The van der Waals surface area contributed by atoms with Crippen LogP contribution in [0.2, 0.25) is 0 Å². The molecule has 25 heavy (non-hydrogen) atoms. The van der Waals surface area contributed by atoms with Gasteiger partial charge >= 0.3 is 5.97 Å². The van der Waals surface area contributed by atoms with Crippen molar-refractivity contribution >= 4 is 46.2 Å². The molecule has 1 aromatic heterocycles. The van der Waals surface area contributed by atoms with E-state index in [1.165, 1.54) is 26.4 Å². The van der Waals surface area contributed by atoms with Crippen LogP contribution in [0.3, 0.4) is 0 Å². The van der Waals surface area contributed by atoms with Crippen molar-refractivity contribution in [1.82, 2.24) is 0 Å². The van der Waals surface area contributed by atoms with E-state index in [2.05, 4.69) is 5.32 Å². The molecular formula is C17H16INO6. The first-order valence-electron chi connectivity index (χ1n) is 7.14. The van der Waals surface area contributed by atoms with E-state index in [1.807, 2.05) is 22.6 Å². The molecule has 0 saturated heterocycles. The van der Waals surface area contributed by atoms with Crippen LogP contribution in [-0.2, 0) is 14.3 Å². The number of benzene rings is 1. The normalized spacial score (nSPS) is 10.5. The Bertz CT molecular complexity index is 783. The van der Waals surface area contributed by atoms with E-state index in [0.29, 0.717) is 26.7 Å². The summed E-state index contributed by atoms with van der Waals surface area (Å²) < 4.78 is 21.1. The van der Waals surface area contributed by atoms with Crippen molar-refractivity contribution in [1.29, 1.82) is 0 Å². The van der Waals surface area contributed by atoms with E-state index in [9.17, 15) is 9.59 Å². The smallest absolute Gasteiger partial charge is 0.331 e. The molecule has 1 amide bonds. The summed E-state index contributed by atoms with van der Waals surface area (Å²) >= 11 is 2.02. The SMILES string of the molecule is COc1ccc(NC(=O)COC(=O)/C=C/c2ccc(I)o2)c(OC)c1. The molecule has 1 heterocycles. The molecule has 0 unspecified atom stereocenters. The van der Waals surface area contributed by atoms with Crippen molar-refractivity contribution < 1.29 is 28.2 Å². The lowest BCUT2D eigenvalue weighted by molar-refractivity contribution is -0.142. The fourth-order valence-electron chi connectivity index (χ4n) is 1.84. The van der Waals surface area contributed by atoms with Gasteiger partial charge in [0.25, 0.3) is 5.91 Å². The van der Waals surface area contributed by atoms with Gasteiger partial charge in [0.15, 0.2) is 10.4 Å². The van der Waals surface area contributed by atoms with E-state index < -0.39 is 18.5 Å². The molecule has 7 nitrogen and oxygen atoms in total. The number of ether oxygens (including phenoxy) is 3. The Morgan fingerprint density at radius 1 is 1.20 bits per heavy atom. The van der Waals surface area contributed by atoms with Crippen molar-refractivity contribution in [2.45, 2.75) is 0 Å². The summed E-state index contributed by atoms with van der Waals surface area (Å²) in [6, 6.07) is 8.43. The van der Waals surface area contributed by atoms with Gasteiger partial charge in [-0.2, -0.15) is 0 Å². The maximum absolute atomic E-state index is 11.9. The van der Waals surface area contributed by atoms with E-state index >= 15 is 0 Å². The summed E-state index contributed by atoms with van der Waals surface area (Å²) in [6.07, 6.45) is 2.66. The van der Waals surface area contributed by atoms with Crippen LogP contribution in [0.1, 0.15) is 5.76 Å². The zero-order valence-corrected chi connectivity index (χ0v) is 15.7. The van der Waals surface area contributed by atoms with Gasteiger partial charge in [0.05, 0.1) is 19.9 Å². The molecule has 0 fully saturated rings. The highest BCUT2D eigenvalue weighted by molar-refractivity contribution is 14.1. The standard InChI is InChI=1S/C17H16INO6/c1-22-12-3-6-13(14(9-12)23-2)19-16(20)10-24-17(21)8-5-11-4-7-15(18)25-11/h3-9H,10H2,1-2H3,(H,19,20)/b8-5+. The number of methoxy groups -OCH3 is 2. The van der Waals surface area contributed by atoms with Gasteiger partial charge in [0.2, 0.25) is 0 Å². The summed E-state index contributed by atoms with van der Waals surface area (Å²) in [5.74, 6) is 0.417. The summed E-state index contributed by atoms with van der Waals surface area (Å²) in [6.45, 7) is -0.423. The quantitative estimate of drug-likeness (QED) is 0.391. The highest BCUT2D eigenvalue weighted by Crippen LogP contribution is 2.28. The third kappa shape index (κ3) is 5.82. The summed E-state index contributed by atoms with van der Waals surface area (Å²) in [4.78, 5) is 23.5. The number of furan rings is 1. The number of halogens is 1. The third-order valence-corrected chi connectivity index (χ3v) is 3.59. The van der Waals surface area contributed by atoms with Crippen LogP contribution in [0.5, 0.6) is 11.5 Å². The minimum atomic E-state index is -0.650. The zero-order valence-electron chi connectivity index (χ0n) is 13.6. The van der Waals surface area contributed by atoms with Gasteiger partial charge in [-0.25, -0.2) is 4.79 Å². The summed E-state index contributed by atoms with van der Waals surface area (Å²) in [7, 11) is 3.01. The number of carbonyl (C=O) groups excluding carboxylic acids is 2. The molecule has 2 aromatic rings. The highest BCUT2D eigenvalue weighted by atomic mass is 127. The molecule has 0 aliphatic rings. The van der Waals surface area contributed by atoms with Crippen molar-refractivity contribution in [3.63, 3.8) is 0 Å². The first kappa shape index (κ1) is 18.8. The molecule has 0 aliphatic carbocycles. The molecule has 1 aromatic carbocycles. The number of amides is 1. The minimum absolute atomic E-state index is 0.423. The second-order valence-corrected chi connectivity index (χ2v) is 5.76. The van der Waals surface area contributed by atoms with Crippen molar-refractivity contribution in [3.05, 3.63) is 45.9 Å². The molecule has 0 spiro atoms. The molecule has 132 valence electrons. The van der Waals surface area contributed by atoms with Crippen LogP contribution in [0.15, 0.2) is 40.8 Å². The molecule has 0 bridgehead atoms. The Hall–Kier alpha value is -2.49. The maximum Gasteiger partial charge on any atom is 0.331 e. The largest absolute Gasteiger partial charge is 0.497 e.